The first-order valence-corrected chi connectivity index (χ1v) is 10.2. The summed E-state index contributed by atoms with van der Waals surface area (Å²) in [5.74, 6) is 0. The molecule has 2 N–H and O–H groups in total. The van der Waals surface area contributed by atoms with Gasteiger partial charge in [-0.3, -0.25) is 0 Å². The summed E-state index contributed by atoms with van der Waals surface area (Å²) in [5, 5.41) is 7.79. The Morgan fingerprint density at radius 1 is 1.07 bits per heavy atom. The van der Waals surface area contributed by atoms with Crippen LogP contribution in [0, 0.1) is 0 Å². The normalized spacial score (nSPS) is 14.1. The van der Waals surface area contributed by atoms with Gasteiger partial charge in [0.1, 0.15) is 0 Å². The SMILES string of the molecule is O=C(N/N=C\c1sc(N2CCOCC2)nc1-c1ccccc1)Nc1ccccc1. The largest absolute Gasteiger partial charge is 0.378 e. The topological polar surface area (TPSA) is 78.9 Å². The number of hydrogen-bond acceptors (Lipinski definition) is 6. The van der Waals surface area contributed by atoms with Gasteiger partial charge in [0.2, 0.25) is 0 Å². The molecule has 8 heteroatoms. The van der Waals surface area contributed by atoms with Crippen molar-refractivity contribution >= 4 is 34.4 Å². The number of urea groups is 1. The molecular formula is C21H21N5O2S. The van der Waals surface area contributed by atoms with E-state index >= 15 is 0 Å². The number of amides is 2. The summed E-state index contributed by atoms with van der Waals surface area (Å²) in [7, 11) is 0. The molecule has 2 aromatic carbocycles. The fourth-order valence-electron chi connectivity index (χ4n) is 2.93. The van der Waals surface area contributed by atoms with Crippen molar-refractivity contribution in [2.75, 3.05) is 36.5 Å². The van der Waals surface area contributed by atoms with Gasteiger partial charge in [-0.2, -0.15) is 5.10 Å². The summed E-state index contributed by atoms with van der Waals surface area (Å²) in [6, 6.07) is 18.8. The molecular weight excluding hydrogens is 386 g/mol. The number of carbonyl (C=O) groups is 1. The highest BCUT2D eigenvalue weighted by molar-refractivity contribution is 7.17. The van der Waals surface area contributed by atoms with Crippen molar-refractivity contribution < 1.29 is 9.53 Å². The Labute approximate surface area is 173 Å². The van der Waals surface area contributed by atoms with Crippen LogP contribution in [-0.4, -0.2) is 43.5 Å². The molecule has 7 nitrogen and oxygen atoms in total. The number of nitrogens with zero attached hydrogens (tertiary/aromatic N) is 3. The van der Waals surface area contributed by atoms with Gasteiger partial charge in [-0.05, 0) is 12.1 Å². The summed E-state index contributed by atoms with van der Waals surface area (Å²) in [6.45, 7) is 3.03. The highest BCUT2D eigenvalue weighted by atomic mass is 32.1. The van der Waals surface area contributed by atoms with Crippen molar-refractivity contribution in [2.24, 2.45) is 5.10 Å². The average Bonchev–Trinajstić information content (AvgIpc) is 3.20. The summed E-state index contributed by atoms with van der Waals surface area (Å²) in [5.41, 5.74) is 5.08. The number of rotatable bonds is 5. The van der Waals surface area contributed by atoms with Gasteiger partial charge in [0.15, 0.2) is 5.13 Å². The van der Waals surface area contributed by atoms with Crippen molar-refractivity contribution in [2.45, 2.75) is 0 Å². The molecule has 0 radical (unpaired) electrons. The van der Waals surface area contributed by atoms with Crippen LogP contribution in [0.5, 0.6) is 0 Å². The van der Waals surface area contributed by atoms with Crippen molar-refractivity contribution in [3.8, 4) is 11.3 Å². The number of para-hydroxylation sites is 1. The third-order valence-electron chi connectivity index (χ3n) is 4.35. The van der Waals surface area contributed by atoms with Crippen molar-refractivity contribution in [3.05, 3.63) is 65.5 Å². The smallest absolute Gasteiger partial charge is 0.339 e. The molecule has 148 valence electrons. The quantitative estimate of drug-likeness (QED) is 0.498. The van der Waals surface area contributed by atoms with Gasteiger partial charge in [-0.15, -0.1) is 0 Å². The molecule has 0 aliphatic carbocycles. The van der Waals surface area contributed by atoms with E-state index in [9.17, 15) is 4.79 Å². The molecule has 1 aliphatic heterocycles. The number of hydrogen-bond donors (Lipinski definition) is 2. The van der Waals surface area contributed by atoms with Crippen LogP contribution in [0.4, 0.5) is 15.6 Å². The molecule has 0 bridgehead atoms. The lowest BCUT2D eigenvalue weighted by molar-refractivity contribution is 0.122. The first kappa shape index (κ1) is 19.1. The van der Waals surface area contributed by atoms with E-state index in [4.69, 9.17) is 9.72 Å². The first-order chi connectivity index (χ1) is 14.3. The second-order valence-electron chi connectivity index (χ2n) is 6.36. The van der Waals surface area contributed by atoms with Crippen LogP contribution in [0.1, 0.15) is 4.88 Å². The Morgan fingerprint density at radius 2 is 1.76 bits per heavy atom. The lowest BCUT2D eigenvalue weighted by Crippen LogP contribution is -2.36. The standard InChI is InChI=1S/C21H21N5O2S/c27-20(23-17-9-5-2-6-10-17)25-22-15-18-19(16-7-3-1-4-8-16)24-21(29-18)26-11-13-28-14-12-26/h1-10,15H,11-14H2,(H2,23,25,27)/b22-15-. The molecule has 0 atom stereocenters. The lowest BCUT2D eigenvalue weighted by Gasteiger charge is -2.26. The highest BCUT2D eigenvalue weighted by Gasteiger charge is 2.18. The maximum absolute atomic E-state index is 12.0. The Balaban J connectivity index is 1.51. The maximum Gasteiger partial charge on any atom is 0.339 e. The van der Waals surface area contributed by atoms with Crippen LogP contribution in [0.15, 0.2) is 65.8 Å². The summed E-state index contributed by atoms with van der Waals surface area (Å²) in [4.78, 5) is 20.0. The zero-order valence-corrected chi connectivity index (χ0v) is 16.6. The van der Waals surface area contributed by atoms with Crippen LogP contribution in [-0.2, 0) is 4.74 Å². The molecule has 0 spiro atoms. The van der Waals surface area contributed by atoms with Crippen molar-refractivity contribution in [1.82, 2.24) is 10.4 Å². The summed E-state index contributed by atoms with van der Waals surface area (Å²) < 4.78 is 5.44. The third kappa shape index (κ3) is 4.98. The minimum Gasteiger partial charge on any atom is -0.378 e. The molecule has 2 heterocycles. The minimum absolute atomic E-state index is 0.397. The molecule has 4 rings (SSSR count). The van der Waals surface area contributed by atoms with Gasteiger partial charge in [-0.1, -0.05) is 59.9 Å². The highest BCUT2D eigenvalue weighted by Crippen LogP contribution is 2.32. The zero-order chi connectivity index (χ0) is 19.9. The maximum atomic E-state index is 12.0. The minimum atomic E-state index is -0.397. The Hall–Kier alpha value is -3.23. The van der Waals surface area contributed by atoms with E-state index < -0.39 is 6.03 Å². The van der Waals surface area contributed by atoms with E-state index in [1.165, 1.54) is 0 Å². The van der Waals surface area contributed by atoms with Gasteiger partial charge < -0.3 is 15.0 Å². The Morgan fingerprint density at radius 3 is 2.48 bits per heavy atom. The van der Waals surface area contributed by atoms with Gasteiger partial charge >= 0.3 is 6.03 Å². The van der Waals surface area contributed by atoms with Crippen LogP contribution in [0.25, 0.3) is 11.3 Å². The van der Waals surface area contributed by atoms with E-state index in [0.717, 1.165) is 34.4 Å². The molecule has 0 unspecified atom stereocenters. The molecule has 2 amide bonds. The predicted molar refractivity (Wildman–Crippen MR) is 117 cm³/mol. The number of carbonyl (C=O) groups excluding carboxylic acids is 1. The fourth-order valence-corrected chi connectivity index (χ4v) is 3.94. The second-order valence-corrected chi connectivity index (χ2v) is 7.37. The van der Waals surface area contributed by atoms with Gasteiger partial charge in [0.25, 0.3) is 0 Å². The number of benzene rings is 2. The zero-order valence-electron chi connectivity index (χ0n) is 15.7. The molecule has 1 fully saturated rings. The predicted octanol–water partition coefficient (Wildman–Crippen LogP) is 3.80. The number of nitrogens with one attached hydrogen (secondary N) is 2. The average molecular weight is 407 g/mol. The number of aromatic nitrogens is 1. The molecule has 29 heavy (non-hydrogen) atoms. The van der Waals surface area contributed by atoms with Crippen LogP contribution in [0.3, 0.4) is 0 Å². The molecule has 1 aliphatic rings. The van der Waals surface area contributed by atoms with Crippen LogP contribution < -0.4 is 15.6 Å². The van der Waals surface area contributed by atoms with E-state index in [1.807, 2.05) is 60.7 Å². The van der Waals surface area contributed by atoms with E-state index in [2.05, 4.69) is 20.7 Å². The van der Waals surface area contributed by atoms with E-state index in [0.29, 0.717) is 18.9 Å². The van der Waals surface area contributed by atoms with Gasteiger partial charge in [0, 0.05) is 24.3 Å². The van der Waals surface area contributed by atoms with Gasteiger partial charge in [0.05, 0.1) is 30.0 Å². The molecule has 0 saturated carbocycles. The Kier molecular flexibility index (Phi) is 6.13. The summed E-state index contributed by atoms with van der Waals surface area (Å²) >= 11 is 1.55. The lowest BCUT2D eigenvalue weighted by atomic mass is 10.1. The van der Waals surface area contributed by atoms with Crippen molar-refractivity contribution in [1.29, 1.82) is 0 Å². The summed E-state index contributed by atoms with van der Waals surface area (Å²) in [6.07, 6.45) is 1.65. The van der Waals surface area contributed by atoms with E-state index in [1.54, 1.807) is 17.6 Å². The van der Waals surface area contributed by atoms with E-state index in [-0.39, 0.29) is 0 Å². The molecule has 1 saturated heterocycles. The number of morpholine rings is 1. The van der Waals surface area contributed by atoms with Crippen molar-refractivity contribution in [3.63, 3.8) is 0 Å². The van der Waals surface area contributed by atoms with Crippen LogP contribution in [0.2, 0.25) is 0 Å². The second kappa shape index (κ2) is 9.31. The molecule has 3 aromatic rings. The number of thiazole rings is 1. The number of hydrazone groups is 1. The monoisotopic (exact) mass is 407 g/mol. The van der Waals surface area contributed by atoms with Crippen LogP contribution >= 0.6 is 11.3 Å². The number of anilines is 2. The first-order valence-electron chi connectivity index (χ1n) is 9.33. The van der Waals surface area contributed by atoms with Gasteiger partial charge in [-0.25, -0.2) is 15.2 Å². The fraction of sp³-hybridized carbons (Fsp3) is 0.190. The molecule has 1 aromatic heterocycles. The Bertz CT molecular complexity index is 969. The third-order valence-corrected chi connectivity index (χ3v) is 5.40. The number of ether oxygens (including phenoxy) is 1.